The van der Waals surface area contributed by atoms with Crippen LogP contribution in [0.2, 0.25) is 0 Å². The lowest BCUT2D eigenvalue weighted by Crippen LogP contribution is -2.35. The van der Waals surface area contributed by atoms with Crippen molar-refractivity contribution in [1.29, 1.82) is 0 Å². The molecule has 4 nitrogen and oxygen atoms in total. The monoisotopic (exact) mass is 508 g/mol. The van der Waals surface area contributed by atoms with E-state index in [1.54, 1.807) is 6.08 Å². The highest BCUT2D eigenvalue weighted by atomic mass is 16.5. The van der Waals surface area contributed by atoms with Crippen molar-refractivity contribution in [3.05, 3.63) is 89.5 Å². The molecule has 4 atom stereocenters. The van der Waals surface area contributed by atoms with Crippen LogP contribution in [0, 0.1) is 23.7 Å². The van der Waals surface area contributed by atoms with Gasteiger partial charge >= 0.3 is 5.97 Å². The third-order valence-corrected chi connectivity index (χ3v) is 9.46. The first-order chi connectivity index (χ1) is 18.1. The van der Waals surface area contributed by atoms with Gasteiger partial charge in [0.2, 0.25) is 0 Å². The Hall–Kier alpha value is -3.53. The van der Waals surface area contributed by atoms with Gasteiger partial charge in [0.1, 0.15) is 12.5 Å². The SMILES string of the molecule is Cc1ccc(C=CC(=O)CC(=O)CC(=O)OC2C3CC[C@](C)(C2c2cccc4ccccc24)C3(C)C)cc1. The van der Waals surface area contributed by atoms with E-state index >= 15 is 0 Å². The standard InChI is InChI=1S/C34H36O4/c1-22-12-14-23(15-13-22)16-17-25(35)20-26(36)21-30(37)38-32-29-18-19-34(4,33(29,2)3)31(32)28-11-7-9-24-8-5-6-10-27(24)28/h5-17,29,31-32H,18-21H2,1-4H3/t29?,31?,32?,34-/m1/s1. The number of carbonyl (C=O) groups excluding carboxylic acids is 3. The number of benzene rings is 3. The van der Waals surface area contributed by atoms with Gasteiger partial charge in [-0.1, -0.05) is 99.1 Å². The van der Waals surface area contributed by atoms with E-state index in [2.05, 4.69) is 57.2 Å². The van der Waals surface area contributed by atoms with Gasteiger partial charge in [0, 0.05) is 11.8 Å². The van der Waals surface area contributed by atoms with Gasteiger partial charge in [-0.2, -0.15) is 0 Å². The summed E-state index contributed by atoms with van der Waals surface area (Å²) in [6.45, 7) is 8.91. The van der Waals surface area contributed by atoms with Crippen LogP contribution in [0.4, 0.5) is 0 Å². The van der Waals surface area contributed by atoms with E-state index in [-0.39, 0.29) is 47.4 Å². The number of allylic oxidation sites excluding steroid dienone is 1. The molecule has 2 aliphatic carbocycles. The molecule has 2 bridgehead atoms. The summed E-state index contributed by atoms with van der Waals surface area (Å²) in [6, 6.07) is 22.5. The molecule has 0 aliphatic heterocycles. The van der Waals surface area contributed by atoms with Crippen LogP contribution >= 0.6 is 0 Å². The minimum absolute atomic E-state index is 0.0136. The van der Waals surface area contributed by atoms with Crippen molar-refractivity contribution in [3.63, 3.8) is 0 Å². The second kappa shape index (κ2) is 9.98. The molecule has 0 aromatic heterocycles. The molecule has 2 fully saturated rings. The number of ketones is 2. The van der Waals surface area contributed by atoms with Crippen LogP contribution in [0.3, 0.4) is 0 Å². The first kappa shape index (κ1) is 26.1. The van der Waals surface area contributed by atoms with Crippen LogP contribution in [0.1, 0.15) is 69.1 Å². The molecule has 3 unspecified atom stereocenters. The van der Waals surface area contributed by atoms with Crippen molar-refractivity contribution in [1.82, 2.24) is 0 Å². The summed E-state index contributed by atoms with van der Waals surface area (Å²) < 4.78 is 6.17. The summed E-state index contributed by atoms with van der Waals surface area (Å²) in [6.07, 6.45) is 4.19. The molecule has 0 radical (unpaired) electrons. The molecule has 0 N–H and O–H groups in total. The number of rotatable bonds is 8. The Morgan fingerprint density at radius 2 is 1.63 bits per heavy atom. The minimum atomic E-state index is -0.535. The van der Waals surface area contributed by atoms with E-state index in [0.29, 0.717) is 0 Å². The van der Waals surface area contributed by atoms with Crippen molar-refractivity contribution in [2.45, 2.75) is 65.4 Å². The molecule has 5 rings (SSSR count). The molecule has 38 heavy (non-hydrogen) atoms. The second-order valence-corrected chi connectivity index (χ2v) is 11.9. The number of carbonyl (C=O) groups is 3. The predicted molar refractivity (Wildman–Crippen MR) is 151 cm³/mol. The van der Waals surface area contributed by atoms with Crippen LogP contribution in [0.25, 0.3) is 16.8 Å². The number of Topliss-reactive ketones (excluding diaryl/α,β-unsaturated/α-hetero) is 1. The largest absolute Gasteiger partial charge is 0.461 e. The molecule has 196 valence electrons. The lowest BCUT2D eigenvalue weighted by Gasteiger charge is -2.40. The number of hydrogen-bond acceptors (Lipinski definition) is 4. The van der Waals surface area contributed by atoms with Gasteiger partial charge in [-0.25, -0.2) is 0 Å². The average molecular weight is 509 g/mol. The fourth-order valence-corrected chi connectivity index (χ4v) is 7.02. The Bertz CT molecular complexity index is 1410. The van der Waals surface area contributed by atoms with Crippen LogP contribution in [0.15, 0.2) is 72.8 Å². The summed E-state index contributed by atoms with van der Waals surface area (Å²) in [5.41, 5.74) is 3.19. The van der Waals surface area contributed by atoms with E-state index in [4.69, 9.17) is 4.74 Å². The Balaban J connectivity index is 1.30. The normalized spacial score (nSPS) is 25.6. The number of fused-ring (bicyclic) bond motifs is 3. The summed E-state index contributed by atoms with van der Waals surface area (Å²) in [4.78, 5) is 38.0. The Labute approximate surface area is 225 Å². The topological polar surface area (TPSA) is 60.4 Å². The van der Waals surface area contributed by atoms with Crippen molar-refractivity contribution in [3.8, 4) is 0 Å². The van der Waals surface area contributed by atoms with Crippen molar-refractivity contribution < 1.29 is 19.1 Å². The third kappa shape index (κ3) is 4.62. The molecule has 3 aromatic rings. The van der Waals surface area contributed by atoms with E-state index in [9.17, 15) is 14.4 Å². The quantitative estimate of drug-likeness (QED) is 0.183. The van der Waals surface area contributed by atoms with Crippen molar-refractivity contribution in [2.75, 3.05) is 0 Å². The van der Waals surface area contributed by atoms with E-state index in [0.717, 1.165) is 24.0 Å². The van der Waals surface area contributed by atoms with Gasteiger partial charge in [0.15, 0.2) is 11.6 Å². The van der Waals surface area contributed by atoms with Gasteiger partial charge in [-0.3, -0.25) is 14.4 Å². The summed E-state index contributed by atoms with van der Waals surface area (Å²) in [5, 5.41) is 2.36. The zero-order valence-corrected chi connectivity index (χ0v) is 22.7. The summed E-state index contributed by atoms with van der Waals surface area (Å²) in [5.74, 6) is -1.00. The Morgan fingerprint density at radius 1 is 0.921 bits per heavy atom. The smallest absolute Gasteiger partial charge is 0.313 e. The van der Waals surface area contributed by atoms with Gasteiger partial charge in [0.25, 0.3) is 0 Å². The van der Waals surface area contributed by atoms with Gasteiger partial charge in [-0.05, 0) is 58.6 Å². The molecule has 2 aliphatic rings. The van der Waals surface area contributed by atoms with E-state index in [1.807, 2.05) is 37.3 Å². The lowest BCUT2D eigenvalue weighted by atomic mass is 9.64. The summed E-state index contributed by atoms with van der Waals surface area (Å²) in [7, 11) is 0. The predicted octanol–water partition coefficient (Wildman–Crippen LogP) is 7.23. The summed E-state index contributed by atoms with van der Waals surface area (Å²) >= 11 is 0. The van der Waals surface area contributed by atoms with Crippen LogP contribution in [-0.2, 0) is 19.1 Å². The maximum absolute atomic E-state index is 13.1. The zero-order valence-electron chi connectivity index (χ0n) is 22.7. The highest BCUT2D eigenvalue weighted by molar-refractivity contribution is 6.10. The molecule has 2 saturated carbocycles. The second-order valence-electron chi connectivity index (χ2n) is 11.9. The van der Waals surface area contributed by atoms with Gasteiger partial charge in [-0.15, -0.1) is 0 Å². The molecule has 0 saturated heterocycles. The van der Waals surface area contributed by atoms with Crippen molar-refractivity contribution >= 4 is 34.4 Å². The average Bonchev–Trinajstić information content (AvgIpc) is 3.20. The van der Waals surface area contributed by atoms with E-state index < -0.39 is 11.8 Å². The lowest BCUT2D eigenvalue weighted by molar-refractivity contribution is -0.155. The molecular weight excluding hydrogens is 472 g/mol. The highest BCUT2D eigenvalue weighted by Gasteiger charge is 2.67. The van der Waals surface area contributed by atoms with Crippen LogP contribution < -0.4 is 0 Å². The molecule has 0 spiro atoms. The minimum Gasteiger partial charge on any atom is -0.461 e. The number of hydrogen-bond donors (Lipinski definition) is 0. The maximum Gasteiger partial charge on any atom is 0.313 e. The van der Waals surface area contributed by atoms with Crippen LogP contribution in [-0.4, -0.2) is 23.6 Å². The van der Waals surface area contributed by atoms with Gasteiger partial charge in [0.05, 0.1) is 6.42 Å². The number of ether oxygens (including phenoxy) is 1. The molecular formula is C34H36O4. The number of aryl methyl sites for hydroxylation is 1. The first-order valence-corrected chi connectivity index (χ1v) is 13.6. The maximum atomic E-state index is 13.1. The molecule has 3 aromatic carbocycles. The molecule has 0 heterocycles. The number of esters is 1. The Morgan fingerprint density at radius 3 is 2.39 bits per heavy atom. The Kier molecular flexibility index (Phi) is 6.85. The molecule has 0 amide bonds. The fraction of sp³-hybridized carbons (Fsp3) is 0.382. The third-order valence-electron chi connectivity index (χ3n) is 9.46. The fourth-order valence-electron chi connectivity index (χ4n) is 7.02. The highest BCUT2D eigenvalue weighted by Crippen LogP contribution is 2.72. The van der Waals surface area contributed by atoms with Crippen molar-refractivity contribution in [2.24, 2.45) is 16.7 Å². The zero-order chi connectivity index (χ0) is 27.1. The first-order valence-electron chi connectivity index (χ1n) is 13.6. The van der Waals surface area contributed by atoms with E-state index in [1.165, 1.54) is 22.4 Å². The van der Waals surface area contributed by atoms with Gasteiger partial charge < -0.3 is 4.74 Å². The van der Waals surface area contributed by atoms with Crippen LogP contribution in [0.5, 0.6) is 0 Å². The molecule has 4 heteroatoms.